The second-order valence-corrected chi connectivity index (χ2v) is 36.9. The third-order valence-electron chi connectivity index (χ3n) is 31.3. The molecule has 28 unspecified atom stereocenters. The molecule has 0 heterocycles. The van der Waals surface area contributed by atoms with Gasteiger partial charge in [-0.3, -0.25) is 19.2 Å². The predicted octanol–water partition coefficient (Wildman–Crippen LogP) is 21.5. The zero-order valence-corrected chi connectivity index (χ0v) is 56.1. The lowest BCUT2D eigenvalue weighted by atomic mass is 9.66. The highest BCUT2D eigenvalue weighted by molar-refractivity contribution is 5.78. The van der Waals surface area contributed by atoms with Crippen molar-refractivity contribution in [1.82, 2.24) is 0 Å². The maximum atomic E-state index is 12.6. The number of carbonyl (C=O) groups is 4. The van der Waals surface area contributed by atoms with Crippen LogP contribution in [0.4, 0.5) is 0 Å². The number of hydrogen-bond acceptors (Lipinski definition) is 8. The molecular weight excluding hydrogens is 1110 g/mol. The Morgan fingerprint density at radius 3 is 0.589 bits per heavy atom. The molecule has 0 amide bonds. The van der Waals surface area contributed by atoms with Gasteiger partial charge in [-0.05, 0) is 356 Å². The van der Waals surface area contributed by atoms with Gasteiger partial charge in [-0.15, -0.1) is 0 Å². The highest BCUT2D eigenvalue weighted by Crippen LogP contribution is 2.74. The van der Waals surface area contributed by atoms with Gasteiger partial charge in [-0.2, -0.15) is 0 Å². The van der Waals surface area contributed by atoms with Crippen molar-refractivity contribution in [3.8, 4) is 0 Å². The number of rotatable bonds is 12. The Kier molecular flexibility index (Phi) is 21.5. The maximum Gasteiger partial charge on any atom is 0.312 e. The highest BCUT2D eigenvalue weighted by atomic mass is 16.6. The Balaban J connectivity index is 0.000000167. The summed E-state index contributed by atoms with van der Waals surface area (Å²) in [6.07, 6.45) is 30.9. The molecule has 16 bridgehead atoms. The van der Waals surface area contributed by atoms with Crippen LogP contribution in [0.15, 0.2) is 0 Å². The first kappa shape index (κ1) is 75.3. The molecule has 0 aromatic heterocycles. The molecule has 0 spiro atoms. The van der Waals surface area contributed by atoms with E-state index in [1.165, 1.54) is 103 Å². The first-order chi connectivity index (χ1) is 39.4. The van der Waals surface area contributed by atoms with Crippen molar-refractivity contribution >= 4 is 23.9 Å². The summed E-state index contributed by atoms with van der Waals surface area (Å²) >= 11 is 0. The number of hydrogen-bond donors (Lipinski definition) is 0. The molecule has 16 fully saturated rings. The van der Waals surface area contributed by atoms with E-state index in [4.69, 9.17) is 18.9 Å². The molecule has 16 aliphatic rings. The molecular formula is C82H144O8. The zero-order chi connectivity index (χ0) is 60.0. The van der Waals surface area contributed by atoms with Gasteiger partial charge in [0.15, 0.2) is 0 Å². The van der Waals surface area contributed by atoms with E-state index >= 15 is 0 Å². The Hall–Kier alpha value is -2.12. The molecule has 0 aromatic rings. The van der Waals surface area contributed by atoms with E-state index in [0.717, 1.165) is 170 Å². The van der Waals surface area contributed by atoms with Gasteiger partial charge in [0.05, 0.1) is 21.7 Å². The van der Waals surface area contributed by atoms with E-state index in [0.29, 0.717) is 23.7 Å². The minimum Gasteiger partial charge on any atom is -0.459 e. The molecule has 0 radical (unpaired) electrons. The van der Waals surface area contributed by atoms with Crippen molar-refractivity contribution in [2.75, 3.05) is 0 Å². The third kappa shape index (κ3) is 11.7. The van der Waals surface area contributed by atoms with E-state index in [-0.39, 0.29) is 113 Å². The Bertz CT molecular complexity index is 2220. The van der Waals surface area contributed by atoms with Crippen LogP contribution in [0.1, 0.15) is 309 Å². The third-order valence-corrected chi connectivity index (χ3v) is 31.3. The molecule has 520 valence electrons. The van der Waals surface area contributed by atoms with E-state index in [1.54, 1.807) is 0 Å². The largest absolute Gasteiger partial charge is 0.459 e. The van der Waals surface area contributed by atoms with Crippen LogP contribution in [0.2, 0.25) is 0 Å². The molecule has 28 atom stereocenters. The quantitative estimate of drug-likeness (QED) is 0.108. The zero-order valence-electron chi connectivity index (χ0n) is 56.1. The SMILES string of the molecule is C.C.C.C.C.C.CCC(C)(C)C(=O)OC1(C)CC2CC1C1C3CCC(C3)C21.CCC(C)(C)C(=O)OC1(C)CC2CC1C1C3CCC(C3)C21.CCC(C)(C)C(=O)OC1(C)CC2CC1C1C3CCC(C3)C21.CCC(C)(C)C(=O)OC1(C)CC2CC1C1C3CCC(C3)C21. The van der Waals surface area contributed by atoms with Crippen LogP contribution in [0.5, 0.6) is 0 Å². The van der Waals surface area contributed by atoms with Crippen LogP contribution in [0, 0.1) is 164 Å². The first-order valence-electron chi connectivity index (χ1n) is 36.4. The molecule has 0 aliphatic heterocycles. The summed E-state index contributed by atoms with van der Waals surface area (Å²) < 4.78 is 24.7. The average Bonchev–Trinajstić information content (AvgIpc) is 1.57. The van der Waals surface area contributed by atoms with Crippen LogP contribution >= 0.6 is 0 Å². The first-order valence-corrected chi connectivity index (χ1v) is 36.4. The lowest BCUT2D eigenvalue weighted by Crippen LogP contribution is -2.47. The monoisotopic (exact) mass is 1260 g/mol. The van der Waals surface area contributed by atoms with E-state index in [9.17, 15) is 19.2 Å². The average molecular weight is 1260 g/mol. The lowest BCUT2D eigenvalue weighted by molar-refractivity contribution is -0.180. The molecule has 0 N–H and O–H groups in total. The van der Waals surface area contributed by atoms with Crippen LogP contribution in [-0.4, -0.2) is 46.3 Å². The number of carbonyl (C=O) groups excluding carboxylic acids is 4. The minimum atomic E-state index is -0.334. The molecule has 16 rings (SSSR count). The summed E-state index contributed by atoms with van der Waals surface area (Å²) in [5.41, 5.74) is -2.00. The topological polar surface area (TPSA) is 105 Å². The fraction of sp³-hybridized carbons (Fsp3) is 0.951. The van der Waals surface area contributed by atoms with E-state index < -0.39 is 0 Å². The molecule has 16 aliphatic carbocycles. The van der Waals surface area contributed by atoms with Gasteiger partial charge in [0.2, 0.25) is 0 Å². The smallest absolute Gasteiger partial charge is 0.312 e. The Morgan fingerprint density at radius 2 is 0.433 bits per heavy atom. The summed E-state index contributed by atoms with van der Waals surface area (Å²) in [5.74, 6) is 21.4. The van der Waals surface area contributed by atoms with Crippen molar-refractivity contribution in [3.05, 3.63) is 0 Å². The molecule has 8 heteroatoms. The van der Waals surface area contributed by atoms with Gasteiger partial charge >= 0.3 is 23.9 Å². The fourth-order valence-electron chi connectivity index (χ4n) is 25.9. The number of fused-ring (bicyclic) bond motifs is 36. The van der Waals surface area contributed by atoms with Crippen molar-refractivity contribution in [2.24, 2.45) is 164 Å². The molecule has 8 nitrogen and oxygen atoms in total. The number of ether oxygens (including phenoxy) is 4. The Labute approximate surface area is 554 Å². The summed E-state index contributed by atoms with van der Waals surface area (Å²) in [4.78, 5) is 50.3. The van der Waals surface area contributed by atoms with Gasteiger partial charge in [-0.1, -0.05) is 72.3 Å². The van der Waals surface area contributed by atoms with Crippen LogP contribution < -0.4 is 0 Å². The van der Waals surface area contributed by atoms with Gasteiger partial charge in [0.25, 0.3) is 0 Å². The minimum absolute atomic E-state index is 0. The lowest BCUT2D eigenvalue weighted by Gasteiger charge is -2.45. The van der Waals surface area contributed by atoms with E-state index in [2.05, 4.69) is 55.4 Å². The van der Waals surface area contributed by atoms with Gasteiger partial charge in [-0.25, -0.2) is 0 Å². The molecule has 90 heavy (non-hydrogen) atoms. The second kappa shape index (κ2) is 25.7. The van der Waals surface area contributed by atoms with Crippen molar-refractivity contribution in [3.63, 3.8) is 0 Å². The molecule has 0 aromatic carbocycles. The standard InChI is InChI=1S/4C19H30O2.6CH4/c4*1-5-18(2,3)17(20)21-19(4)10-13-9-14(19)16-12-7-6-11(8-12)15(13)16;;;;;;/h4*11-16H,5-10H2,1-4H3;6*1H4. The molecule has 16 saturated carbocycles. The summed E-state index contributed by atoms with van der Waals surface area (Å²) in [6.45, 7) is 33.4. The van der Waals surface area contributed by atoms with Gasteiger partial charge in [0, 0.05) is 23.7 Å². The summed E-state index contributed by atoms with van der Waals surface area (Å²) in [5, 5.41) is 0. The second-order valence-electron chi connectivity index (χ2n) is 36.9. The number of esters is 4. The van der Waals surface area contributed by atoms with Crippen molar-refractivity contribution < 1.29 is 38.1 Å². The predicted molar refractivity (Wildman–Crippen MR) is 371 cm³/mol. The van der Waals surface area contributed by atoms with Crippen LogP contribution in [-0.2, 0) is 38.1 Å². The molecule has 0 saturated heterocycles. The van der Waals surface area contributed by atoms with Crippen molar-refractivity contribution in [2.45, 2.75) is 332 Å². The normalized spacial score (nSPS) is 47.1. The fourth-order valence-corrected chi connectivity index (χ4v) is 25.9. The summed E-state index contributed by atoms with van der Waals surface area (Å²) in [7, 11) is 0. The van der Waals surface area contributed by atoms with Gasteiger partial charge in [0.1, 0.15) is 22.4 Å². The highest BCUT2D eigenvalue weighted by Gasteiger charge is 2.71. The van der Waals surface area contributed by atoms with Gasteiger partial charge < -0.3 is 18.9 Å². The van der Waals surface area contributed by atoms with Crippen LogP contribution in [0.25, 0.3) is 0 Å². The summed E-state index contributed by atoms with van der Waals surface area (Å²) in [6, 6.07) is 0. The Morgan fingerprint density at radius 1 is 0.278 bits per heavy atom. The van der Waals surface area contributed by atoms with Crippen LogP contribution in [0.3, 0.4) is 0 Å². The maximum absolute atomic E-state index is 12.6. The van der Waals surface area contributed by atoms with E-state index in [1.807, 2.05) is 55.4 Å². The van der Waals surface area contributed by atoms with Crippen molar-refractivity contribution in [1.29, 1.82) is 0 Å².